The van der Waals surface area contributed by atoms with Gasteiger partial charge in [-0.15, -0.1) is 0 Å². The fourth-order valence-corrected chi connectivity index (χ4v) is 3.40. The van der Waals surface area contributed by atoms with Crippen molar-refractivity contribution in [2.45, 2.75) is 13.8 Å². The number of amides is 4. The maximum atomic E-state index is 13.0. The summed E-state index contributed by atoms with van der Waals surface area (Å²) in [6.07, 6.45) is 2.99. The van der Waals surface area contributed by atoms with Gasteiger partial charge in [0.2, 0.25) is 5.91 Å². The first-order valence-electron chi connectivity index (χ1n) is 8.96. The molecule has 0 spiro atoms. The summed E-state index contributed by atoms with van der Waals surface area (Å²) in [5, 5.41) is 2.93. The molecule has 1 aliphatic heterocycles. The Morgan fingerprint density at radius 2 is 1.79 bits per heavy atom. The van der Waals surface area contributed by atoms with Crippen molar-refractivity contribution in [2.24, 2.45) is 0 Å². The van der Waals surface area contributed by atoms with Crippen LogP contribution in [0.1, 0.15) is 22.8 Å². The lowest BCUT2D eigenvalue weighted by atomic mass is 10.1. The maximum absolute atomic E-state index is 13.0. The molecule has 0 aliphatic carbocycles. The van der Waals surface area contributed by atoms with Gasteiger partial charge in [-0.05, 0) is 36.8 Å². The zero-order valence-corrected chi connectivity index (χ0v) is 15.8. The number of benzene rings is 2. The molecule has 2 aromatic carbocycles. The van der Waals surface area contributed by atoms with E-state index in [1.807, 2.05) is 13.0 Å². The molecular formula is C22H17N3O4. The number of hydrogen-bond donors (Lipinski definition) is 1. The number of carbonyl (C=O) groups is 4. The van der Waals surface area contributed by atoms with Gasteiger partial charge in [0.1, 0.15) is 5.57 Å². The number of barbiturate groups is 1. The van der Waals surface area contributed by atoms with Gasteiger partial charge in [-0.3, -0.25) is 24.3 Å². The van der Waals surface area contributed by atoms with Gasteiger partial charge in [-0.2, -0.15) is 0 Å². The van der Waals surface area contributed by atoms with E-state index in [1.165, 1.54) is 17.6 Å². The highest BCUT2D eigenvalue weighted by Gasteiger charge is 2.37. The average Bonchev–Trinajstić information content (AvgIpc) is 3.04. The first-order valence-corrected chi connectivity index (χ1v) is 8.96. The molecule has 2 heterocycles. The van der Waals surface area contributed by atoms with Crippen LogP contribution in [0.3, 0.4) is 0 Å². The molecular weight excluding hydrogens is 370 g/mol. The van der Waals surface area contributed by atoms with Crippen molar-refractivity contribution in [2.75, 3.05) is 4.90 Å². The minimum Gasteiger partial charge on any atom is -0.287 e. The van der Waals surface area contributed by atoms with Gasteiger partial charge in [-0.1, -0.05) is 30.3 Å². The Morgan fingerprint density at radius 1 is 1.03 bits per heavy atom. The predicted octanol–water partition coefficient (Wildman–Crippen LogP) is 3.28. The van der Waals surface area contributed by atoms with E-state index < -0.39 is 17.8 Å². The zero-order chi connectivity index (χ0) is 20.7. The molecule has 4 rings (SSSR count). The van der Waals surface area contributed by atoms with Crippen LogP contribution >= 0.6 is 0 Å². The van der Waals surface area contributed by atoms with Crippen molar-refractivity contribution in [1.29, 1.82) is 0 Å². The van der Waals surface area contributed by atoms with Crippen molar-refractivity contribution < 1.29 is 19.2 Å². The number of imide groups is 2. The highest BCUT2D eigenvalue weighted by molar-refractivity contribution is 6.39. The molecule has 0 atom stereocenters. The Hall–Kier alpha value is -4.00. The summed E-state index contributed by atoms with van der Waals surface area (Å²) in [6.45, 7) is 3.27. The van der Waals surface area contributed by atoms with Gasteiger partial charge in [0.05, 0.1) is 11.2 Å². The SMILES string of the molecule is CC(=O)n1cc(/C=C2/C(=O)NC(=O)N(c3cccc(C)c3)C2=O)c2ccccc21. The van der Waals surface area contributed by atoms with Crippen molar-refractivity contribution in [3.8, 4) is 0 Å². The van der Waals surface area contributed by atoms with E-state index in [4.69, 9.17) is 0 Å². The van der Waals surface area contributed by atoms with Crippen molar-refractivity contribution in [3.05, 3.63) is 71.4 Å². The highest BCUT2D eigenvalue weighted by atomic mass is 16.2. The Morgan fingerprint density at radius 3 is 2.52 bits per heavy atom. The lowest BCUT2D eigenvalue weighted by Gasteiger charge is -2.26. The number of anilines is 1. The van der Waals surface area contributed by atoms with Crippen LogP contribution < -0.4 is 10.2 Å². The minimum atomic E-state index is -0.797. The fourth-order valence-electron chi connectivity index (χ4n) is 3.40. The number of nitrogens with zero attached hydrogens (tertiary/aromatic N) is 2. The van der Waals surface area contributed by atoms with E-state index in [-0.39, 0.29) is 11.5 Å². The summed E-state index contributed by atoms with van der Waals surface area (Å²) < 4.78 is 1.45. The fraction of sp³-hybridized carbons (Fsp3) is 0.0909. The standard InChI is InChI=1S/C22H17N3O4/c1-13-6-5-7-16(10-13)25-21(28)18(20(27)23-22(25)29)11-15-12-24(14(2)26)19-9-4-3-8-17(15)19/h3-12H,1-2H3,(H,23,27,29)/b18-11-. The second kappa shape index (κ2) is 6.87. The molecule has 7 nitrogen and oxygen atoms in total. The number of aryl methyl sites for hydroxylation is 1. The first-order chi connectivity index (χ1) is 13.9. The van der Waals surface area contributed by atoms with Gasteiger partial charge in [-0.25, -0.2) is 9.69 Å². The second-order valence-electron chi connectivity index (χ2n) is 6.79. The highest BCUT2D eigenvalue weighted by Crippen LogP contribution is 2.26. The van der Waals surface area contributed by atoms with Crippen LogP contribution in [0.4, 0.5) is 10.5 Å². The molecule has 1 aromatic heterocycles. The summed E-state index contributed by atoms with van der Waals surface area (Å²) in [4.78, 5) is 50.7. The third-order valence-electron chi connectivity index (χ3n) is 4.74. The maximum Gasteiger partial charge on any atom is 0.335 e. The molecule has 0 saturated carbocycles. The van der Waals surface area contributed by atoms with Crippen LogP contribution in [0.5, 0.6) is 0 Å². The van der Waals surface area contributed by atoms with Crippen molar-refractivity contribution in [3.63, 3.8) is 0 Å². The van der Waals surface area contributed by atoms with Gasteiger partial charge >= 0.3 is 6.03 Å². The van der Waals surface area contributed by atoms with E-state index in [0.29, 0.717) is 16.8 Å². The third-order valence-corrected chi connectivity index (χ3v) is 4.74. The molecule has 4 amide bonds. The number of nitrogens with one attached hydrogen (secondary N) is 1. The van der Waals surface area contributed by atoms with Gasteiger partial charge in [0.15, 0.2) is 0 Å². The van der Waals surface area contributed by atoms with Crippen molar-refractivity contribution >= 4 is 46.4 Å². The van der Waals surface area contributed by atoms with Crippen LogP contribution in [0.2, 0.25) is 0 Å². The average molecular weight is 387 g/mol. The number of urea groups is 1. The number of fused-ring (bicyclic) bond motifs is 1. The zero-order valence-electron chi connectivity index (χ0n) is 15.8. The first kappa shape index (κ1) is 18.4. The Balaban J connectivity index is 1.84. The summed E-state index contributed by atoms with van der Waals surface area (Å²) in [5.74, 6) is -1.69. The molecule has 1 fully saturated rings. The van der Waals surface area contributed by atoms with Crippen LogP contribution in [-0.4, -0.2) is 28.3 Å². The number of carbonyl (C=O) groups excluding carboxylic acids is 4. The van der Waals surface area contributed by atoms with E-state index in [0.717, 1.165) is 15.8 Å². The number of aromatic nitrogens is 1. The van der Waals surface area contributed by atoms with Crippen LogP contribution in [0.25, 0.3) is 17.0 Å². The molecule has 29 heavy (non-hydrogen) atoms. The normalized spacial score (nSPS) is 15.9. The molecule has 0 unspecified atom stereocenters. The quantitative estimate of drug-likeness (QED) is 0.540. The van der Waals surface area contributed by atoms with Crippen LogP contribution in [0.15, 0.2) is 60.3 Å². The smallest absolute Gasteiger partial charge is 0.287 e. The number of hydrogen-bond acceptors (Lipinski definition) is 4. The molecule has 1 aliphatic rings. The van der Waals surface area contributed by atoms with Crippen molar-refractivity contribution in [1.82, 2.24) is 9.88 Å². The number of para-hydroxylation sites is 1. The van der Waals surface area contributed by atoms with E-state index >= 15 is 0 Å². The summed E-state index contributed by atoms with van der Waals surface area (Å²) in [5.41, 5.74) is 2.26. The molecule has 7 heteroatoms. The summed E-state index contributed by atoms with van der Waals surface area (Å²) >= 11 is 0. The predicted molar refractivity (Wildman–Crippen MR) is 108 cm³/mol. The summed E-state index contributed by atoms with van der Waals surface area (Å²) in [6, 6.07) is 13.3. The van der Waals surface area contributed by atoms with E-state index in [9.17, 15) is 19.2 Å². The number of rotatable bonds is 2. The van der Waals surface area contributed by atoms with Gasteiger partial charge < -0.3 is 0 Å². The molecule has 0 radical (unpaired) electrons. The topological polar surface area (TPSA) is 88.5 Å². The van der Waals surface area contributed by atoms with E-state index in [2.05, 4.69) is 5.32 Å². The molecule has 144 valence electrons. The van der Waals surface area contributed by atoms with E-state index in [1.54, 1.807) is 48.7 Å². The third kappa shape index (κ3) is 3.12. The van der Waals surface area contributed by atoms with Gasteiger partial charge in [0, 0.05) is 24.1 Å². The molecule has 3 aromatic rings. The lowest BCUT2D eigenvalue weighted by Crippen LogP contribution is -2.54. The summed E-state index contributed by atoms with van der Waals surface area (Å²) in [7, 11) is 0. The largest absolute Gasteiger partial charge is 0.335 e. The lowest BCUT2D eigenvalue weighted by molar-refractivity contribution is -0.122. The Bertz CT molecular complexity index is 1240. The van der Waals surface area contributed by atoms with Crippen LogP contribution in [-0.2, 0) is 9.59 Å². The Labute approximate surface area is 166 Å². The van der Waals surface area contributed by atoms with Crippen LogP contribution in [0, 0.1) is 6.92 Å². The monoisotopic (exact) mass is 387 g/mol. The molecule has 0 bridgehead atoms. The van der Waals surface area contributed by atoms with Gasteiger partial charge in [0.25, 0.3) is 11.8 Å². The molecule has 1 saturated heterocycles. The Kier molecular flexibility index (Phi) is 4.35. The minimum absolute atomic E-state index is 0.183. The second-order valence-corrected chi connectivity index (χ2v) is 6.79. The molecule has 1 N–H and O–H groups in total.